The summed E-state index contributed by atoms with van der Waals surface area (Å²) in [6.07, 6.45) is 1.83. The van der Waals surface area contributed by atoms with Gasteiger partial charge >= 0.3 is 5.69 Å². The Hall–Kier alpha value is -1.89. The molecule has 1 fully saturated rings. The number of nitrogens with zero attached hydrogens (tertiary/aromatic N) is 2. The Bertz CT molecular complexity index is 461. The molecule has 1 aliphatic rings. The molecule has 2 heterocycles. The molecule has 1 aromatic heterocycles. The largest absolute Gasteiger partial charge is 0.472 e. The van der Waals surface area contributed by atoms with Gasteiger partial charge in [-0.2, -0.15) is 4.98 Å². The van der Waals surface area contributed by atoms with Gasteiger partial charge in [0.25, 0.3) is 5.88 Å². The predicted octanol–water partition coefficient (Wildman–Crippen LogP) is 2.23. The van der Waals surface area contributed by atoms with Gasteiger partial charge in [-0.25, -0.2) is 0 Å². The van der Waals surface area contributed by atoms with Gasteiger partial charge < -0.3 is 14.8 Å². The lowest BCUT2D eigenvalue weighted by atomic mass is 10.0. The fourth-order valence-corrected chi connectivity index (χ4v) is 2.07. The zero-order valence-corrected chi connectivity index (χ0v) is 11.5. The van der Waals surface area contributed by atoms with Crippen molar-refractivity contribution >= 4 is 11.5 Å². The standard InChI is InChI=1S/C13H19N3O4/c1-2-14-12-4-3-11(16(17)18)13(15-12)20-9-10-5-7-19-8-6-10/h3-4,10H,2,5-9H2,1H3,(H,14,15). The number of nitro groups is 1. The van der Waals surface area contributed by atoms with E-state index in [1.54, 1.807) is 6.07 Å². The molecular formula is C13H19N3O4. The smallest absolute Gasteiger partial charge is 0.331 e. The number of hydrogen-bond acceptors (Lipinski definition) is 6. The normalized spacial score (nSPS) is 15.8. The second kappa shape index (κ2) is 7.04. The predicted molar refractivity (Wildman–Crippen MR) is 74.1 cm³/mol. The maximum atomic E-state index is 11.0. The highest BCUT2D eigenvalue weighted by Gasteiger charge is 2.20. The third-order valence-electron chi connectivity index (χ3n) is 3.19. The molecule has 110 valence electrons. The van der Waals surface area contributed by atoms with E-state index in [0.29, 0.717) is 24.9 Å². The summed E-state index contributed by atoms with van der Waals surface area (Å²) < 4.78 is 10.9. The Morgan fingerprint density at radius 1 is 1.50 bits per heavy atom. The third-order valence-corrected chi connectivity index (χ3v) is 3.19. The van der Waals surface area contributed by atoms with Crippen molar-refractivity contribution in [1.82, 2.24) is 4.98 Å². The van der Waals surface area contributed by atoms with E-state index in [1.807, 2.05) is 6.92 Å². The molecule has 0 bridgehead atoms. The number of rotatable bonds is 6. The number of pyridine rings is 1. The van der Waals surface area contributed by atoms with Crippen LogP contribution in [-0.2, 0) is 4.74 Å². The zero-order chi connectivity index (χ0) is 14.4. The molecule has 0 atom stereocenters. The highest BCUT2D eigenvalue weighted by molar-refractivity contribution is 5.49. The summed E-state index contributed by atoms with van der Waals surface area (Å²) in [4.78, 5) is 14.7. The fourth-order valence-electron chi connectivity index (χ4n) is 2.07. The van der Waals surface area contributed by atoms with Crippen LogP contribution in [0.5, 0.6) is 5.88 Å². The van der Waals surface area contributed by atoms with Gasteiger partial charge in [0.1, 0.15) is 5.82 Å². The van der Waals surface area contributed by atoms with Gasteiger partial charge in [-0.05, 0) is 31.7 Å². The molecular weight excluding hydrogens is 262 g/mol. The van der Waals surface area contributed by atoms with Crippen LogP contribution in [0.15, 0.2) is 12.1 Å². The van der Waals surface area contributed by atoms with Crippen molar-refractivity contribution < 1.29 is 14.4 Å². The molecule has 0 amide bonds. The molecule has 1 saturated heterocycles. The first kappa shape index (κ1) is 14.5. The molecule has 0 unspecified atom stereocenters. The van der Waals surface area contributed by atoms with Crippen molar-refractivity contribution in [2.24, 2.45) is 5.92 Å². The Kier molecular flexibility index (Phi) is 5.11. The molecule has 0 saturated carbocycles. The number of aromatic nitrogens is 1. The average molecular weight is 281 g/mol. The zero-order valence-electron chi connectivity index (χ0n) is 11.5. The maximum Gasteiger partial charge on any atom is 0.331 e. The van der Waals surface area contributed by atoms with Gasteiger partial charge in [-0.15, -0.1) is 0 Å². The highest BCUT2D eigenvalue weighted by atomic mass is 16.6. The monoisotopic (exact) mass is 281 g/mol. The first-order valence-electron chi connectivity index (χ1n) is 6.80. The number of anilines is 1. The lowest BCUT2D eigenvalue weighted by Crippen LogP contribution is -2.22. The number of nitrogens with one attached hydrogen (secondary N) is 1. The molecule has 0 radical (unpaired) electrons. The van der Waals surface area contributed by atoms with Crippen LogP contribution in [-0.4, -0.2) is 36.3 Å². The summed E-state index contributed by atoms with van der Waals surface area (Å²) in [6.45, 7) is 4.52. The van der Waals surface area contributed by atoms with Gasteiger partial charge in [0.15, 0.2) is 0 Å². The minimum Gasteiger partial charge on any atom is -0.472 e. The summed E-state index contributed by atoms with van der Waals surface area (Å²) in [7, 11) is 0. The van der Waals surface area contributed by atoms with E-state index in [1.165, 1.54) is 6.07 Å². The first-order valence-corrected chi connectivity index (χ1v) is 6.80. The van der Waals surface area contributed by atoms with Crippen LogP contribution in [0.3, 0.4) is 0 Å². The first-order chi connectivity index (χ1) is 9.70. The average Bonchev–Trinajstić information content (AvgIpc) is 2.46. The lowest BCUT2D eigenvalue weighted by molar-refractivity contribution is -0.386. The quantitative estimate of drug-likeness (QED) is 0.635. The van der Waals surface area contributed by atoms with Gasteiger partial charge in [0.05, 0.1) is 11.5 Å². The Labute approximate surface area is 117 Å². The Morgan fingerprint density at radius 3 is 2.90 bits per heavy atom. The van der Waals surface area contributed by atoms with Crippen LogP contribution in [0, 0.1) is 16.0 Å². The van der Waals surface area contributed by atoms with Crippen molar-refractivity contribution in [3.05, 3.63) is 22.2 Å². The van der Waals surface area contributed by atoms with Crippen LogP contribution >= 0.6 is 0 Å². The van der Waals surface area contributed by atoms with E-state index in [4.69, 9.17) is 9.47 Å². The number of hydrogen-bond donors (Lipinski definition) is 1. The topological polar surface area (TPSA) is 86.5 Å². The van der Waals surface area contributed by atoms with E-state index < -0.39 is 4.92 Å². The minimum atomic E-state index is -0.470. The van der Waals surface area contributed by atoms with Gasteiger partial charge in [-0.1, -0.05) is 0 Å². The summed E-state index contributed by atoms with van der Waals surface area (Å²) in [5, 5.41) is 14.0. The second-order valence-corrected chi connectivity index (χ2v) is 4.67. The van der Waals surface area contributed by atoms with E-state index in [2.05, 4.69) is 10.3 Å². The van der Waals surface area contributed by atoms with Crippen molar-refractivity contribution in [2.45, 2.75) is 19.8 Å². The molecule has 1 aromatic rings. The van der Waals surface area contributed by atoms with Crippen molar-refractivity contribution in [1.29, 1.82) is 0 Å². The van der Waals surface area contributed by atoms with Crippen LogP contribution in [0.2, 0.25) is 0 Å². The van der Waals surface area contributed by atoms with Gasteiger partial charge in [0.2, 0.25) is 0 Å². The molecule has 0 aliphatic carbocycles. The van der Waals surface area contributed by atoms with Gasteiger partial charge in [-0.3, -0.25) is 10.1 Å². The van der Waals surface area contributed by atoms with E-state index >= 15 is 0 Å². The van der Waals surface area contributed by atoms with Crippen LogP contribution in [0.1, 0.15) is 19.8 Å². The van der Waals surface area contributed by atoms with Crippen molar-refractivity contribution in [3.8, 4) is 5.88 Å². The fraction of sp³-hybridized carbons (Fsp3) is 0.615. The van der Waals surface area contributed by atoms with Gasteiger partial charge in [0, 0.05) is 25.8 Å². The second-order valence-electron chi connectivity index (χ2n) is 4.67. The van der Waals surface area contributed by atoms with E-state index in [9.17, 15) is 10.1 Å². The molecule has 20 heavy (non-hydrogen) atoms. The van der Waals surface area contributed by atoms with E-state index in [-0.39, 0.29) is 11.6 Å². The molecule has 7 nitrogen and oxygen atoms in total. The summed E-state index contributed by atoms with van der Waals surface area (Å²) in [6, 6.07) is 3.01. The number of ether oxygens (including phenoxy) is 2. The van der Waals surface area contributed by atoms with Crippen molar-refractivity contribution in [2.75, 3.05) is 31.7 Å². The minimum absolute atomic E-state index is 0.0833. The van der Waals surface area contributed by atoms with E-state index in [0.717, 1.165) is 26.1 Å². The van der Waals surface area contributed by atoms with Crippen LogP contribution in [0.25, 0.3) is 0 Å². The van der Waals surface area contributed by atoms with Crippen molar-refractivity contribution in [3.63, 3.8) is 0 Å². The summed E-state index contributed by atoms with van der Waals surface area (Å²) in [5.41, 5.74) is -0.0984. The maximum absolute atomic E-state index is 11.0. The molecule has 1 N–H and O–H groups in total. The highest BCUT2D eigenvalue weighted by Crippen LogP contribution is 2.27. The molecule has 1 aliphatic heterocycles. The van der Waals surface area contributed by atoms with Crippen LogP contribution in [0.4, 0.5) is 11.5 Å². The summed E-state index contributed by atoms with van der Waals surface area (Å²) >= 11 is 0. The Balaban J connectivity index is 2.06. The van der Waals surface area contributed by atoms with Crippen LogP contribution < -0.4 is 10.1 Å². The molecule has 0 spiro atoms. The molecule has 7 heteroatoms. The molecule has 0 aromatic carbocycles. The SMILES string of the molecule is CCNc1ccc([N+](=O)[O-])c(OCC2CCOCC2)n1. The lowest BCUT2D eigenvalue weighted by Gasteiger charge is -2.21. The summed E-state index contributed by atoms with van der Waals surface area (Å²) in [5.74, 6) is 1.04. The Morgan fingerprint density at radius 2 is 2.25 bits per heavy atom. The third kappa shape index (κ3) is 3.80. The molecule has 2 rings (SSSR count).